The van der Waals surface area contributed by atoms with Gasteiger partial charge < -0.3 is 15.6 Å². The Morgan fingerprint density at radius 2 is 2.03 bits per heavy atom. The van der Waals surface area contributed by atoms with Crippen LogP contribution in [0.1, 0.15) is 19.3 Å². The van der Waals surface area contributed by atoms with Gasteiger partial charge in [0.25, 0.3) is 0 Å². The third kappa shape index (κ3) is 3.00. The number of rotatable bonds is 2. The van der Waals surface area contributed by atoms with E-state index < -0.39 is 12.2 Å². The number of nitrogens with two attached hydrogens (primary N) is 1. The molecule has 0 spiro atoms. The number of hydrogen-bond donors (Lipinski definition) is 2. The highest BCUT2D eigenvalue weighted by molar-refractivity contribution is 6.43. The molecule has 4 aromatic rings. The van der Waals surface area contributed by atoms with Gasteiger partial charge in [0.1, 0.15) is 22.7 Å². The van der Waals surface area contributed by atoms with Crippen molar-refractivity contribution in [3.8, 4) is 11.1 Å². The first-order chi connectivity index (χ1) is 14.9. The van der Waals surface area contributed by atoms with Crippen molar-refractivity contribution in [2.75, 3.05) is 4.90 Å². The number of nitrogens with one attached hydrogen (secondary N) is 1. The van der Waals surface area contributed by atoms with E-state index in [4.69, 9.17) is 33.9 Å². The lowest BCUT2D eigenvalue weighted by Gasteiger charge is -2.40. The summed E-state index contributed by atoms with van der Waals surface area (Å²) in [5, 5.41) is 6.08. The highest BCUT2D eigenvalue weighted by Gasteiger charge is 2.47. The van der Waals surface area contributed by atoms with Crippen LogP contribution in [0.25, 0.3) is 33.2 Å². The fourth-order valence-electron chi connectivity index (χ4n) is 5.18. The maximum Gasteiger partial charge on any atom is 0.159 e. The lowest BCUT2D eigenvalue weighted by molar-refractivity contribution is 0.203. The third-order valence-corrected chi connectivity index (χ3v) is 7.48. The van der Waals surface area contributed by atoms with Crippen molar-refractivity contribution in [3.05, 3.63) is 34.7 Å². The molecule has 0 aliphatic carbocycles. The molecule has 6 rings (SSSR count). The first-order valence-corrected chi connectivity index (χ1v) is 11.0. The van der Waals surface area contributed by atoms with Crippen LogP contribution < -0.4 is 10.6 Å². The Labute approximate surface area is 199 Å². The predicted octanol–water partition coefficient (Wildman–Crippen LogP) is 4.65. The lowest BCUT2D eigenvalue weighted by atomic mass is 9.96. The van der Waals surface area contributed by atoms with Gasteiger partial charge in [-0.3, -0.25) is 4.68 Å². The smallest absolute Gasteiger partial charge is 0.159 e. The number of nitrogens with zero attached hydrogens (tertiary/aromatic N) is 5. The van der Waals surface area contributed by atoms with E-state index in [2.05, 4.69) is 20.0 Å². The molecule has 4 atom stereocenters. The number of piperidine rings is 1. The molecule has 2 fully saturated rings. The minimum atomic E-state index is -1.05. The third-order valence-electron chi connectivity index (χ3n) is 6.66. The summed E-state index contributed by atoms with van der Waals surface area (Å²) in [6, 6.07) is 3.36. The number of aryl methyl sites for hydroxylation is 1. The molecule has 0 unspecified atom stereocenters. The van der Waals surface area contributed by atoms with Gasteiger partial charge in [-0.2, -0.15) is 5.10 Å². The summed E-state index contributed by atoms with van der Waals surface area (Å²) >= 11 is 13.1. The number of aromatic amines is 1. The van der Waals surface area contributed by atoms with E-state index in [1.807, 2.05) is 18.3 Å². The van der Waals surface area contributed by atoms with Gasteiger partial charge in [0.2, 0.25) is 0 Å². The molecule has 168 valence electrons. The fourth-order valence-corrected chi connectivity index (χ4v) is 5.81. The highest BCUT2D eigenvalue weighted by Crippen LogP contribution is 2.42. The van der Waals surface area contributed by atoms with E-state index in [1.165, 1.54) is 0 Å². The van der Waals surface area contributed by atoms with Crippen LogP contribution in [0, 0.1) is 0 Å². The van der Waals surface area contributed by atoms with Crippen molar-refractivity contribution in [3.63, 3.8) is 0 Å². The van der Waals surface area contributed by atoms with E-state index >= 15 is 0 Å². The Morgan fingerprint density at radius 1 is 1.22 bits per heavy atom. The molecule has 32 heavy (non-hydrogen) atoms. The van der Waals surface area contributed by atoms with Crippen LogP contribution in [-0.4, -0.2) is 49.0 Å². The Hall–Kier alpha value is -2.13. The summed E-state index contributed by atoms with van der Waals surface area (Å²) in [4.78, 5) is 14.7. The first-order valence-electron chi connectivity index (χ1n) is 10.3. The number of aromatic nitrogens is 5. The molecule has 11 heteroatoms. The Morgan fingerprint density at radius 3 is 2.84 bits per heavy atom. The summed E-state index contributed by atoms with van der Waals surface area (Å²) in [5.41, 5.74) is 9.67. The summed E-state index contributed by atoms with van der Waals surface area (Å²) < 4.78 is 16.3. The molecule has 2 saturated heterocycles. The monoisotopic (exact) mass is 495 g/mol. The summed E-state index contributed by atoms with van der Waals surface area (Å²) in [5.74, 6) is 0.680. The van der Waals surface area contributed by atoms with Gasteiger partial charge >= 0.3 is 0 Å². The van der Waals surface area contributed by atoms with Crippen LogP contribution in [0.4, 0.5) is 10.2 Å². The molecule has 0 saturated carbocycles. The topological polar surface area (TPSA) is 88.7 Å². The van der Waals surface area contributed by atoms with Crippen LogP contribution in [0.2, 0.25) is 10.2 Å². The molecule has 2 bridgehead atoms. The average molecular weight is 497 g/mol. The number of anilines is 1. The summed E-state index contributed by atoms with van der Waals surface area (Å²) in [6.07, 6.45) is 4.86. The van der Waals surface area contributed by atoms with Crippen molar-refractivity contribution < 1.29 is 4.39 Å². The lowest BCUT2D eigenvalue weighted by Crippen LogP contribution is -2.55. The summed E-state index contributed by atoms with van der Waals surface area (Å²) in [7, 11) is 1.78. The number of benzene rings is 1. The van der Waals surface area contributed by atoms with E-state index in [9.17, 15) is 4.39 Å². The quantitative estimate of drug-likeness (QED) is 0.422. The van der Waals surface area contributed by atoms with E-state index in [-0.39, 0.29) is 24.5 Å². The second-order valence-corrected chi connectivity index (χ2v) is 9.15. The minimum absolute atomic E-state index is 0. The van der Waals surface area contributed by atoms with Crippen molar-refractivity contribution >= 4 is 63.5 Å². The zero-order chi connectivity index (χ0) is 21.4. The maximum absolute atomic E-state index is 14.7. The first kappa shape index (κ1) is 21.7. The van der Waals surface area contributed by atoms with Crippen LogP contribution >= 0.6 is 35.6 Å². The molecular weight excluding hydrogens is 476 g/mol. The second kappa shape index (κ2) is 7.73. The number of fused-ring (bicyclic) bond motifs is 4. The number of hydrogen-bond acceptors (Lipinski definition) is 5. The average Bonchev–Trinajstić information content (AvgIpc) is 3.41. The van der Waals surface area contributed by atoms with Gasteiger partial charge in [-0.05, 0) is 25.3 Å². The SMILES string of the molecule is Cl.Cn1nc2ccc(-c3c[nH]c4nc(N5[C@H]6CC[C@@H]5[C@@H](F)[C@@H](N)C6)cnc34)c(Cl)c2c1Cl. The number of halogens is 4. The zero-order valence-electron chi connectivity index (χ0n) is 17.1. The van der Waals surface area contributed by atoms with Gasteiger partial charge in [0.15, 0.2) is 5.65 Å². The van der Waals surface area contributed by atoms with Crippen molar-refractivity contribution in [2.45, 2.75) is 43.6 Å². The van der Waals surface area contributed by atoms with Crippen molar-refractivity contribution in [1.29, 1.82) is 0 Å². The van der Waals surface area contributed by atoms with Crippen LogP contribution in [-0.2, 0) is 7.05 Å². The molecule has 1 aromatic carbocycles. The van der Waals surface area contributed by atoms with Crippen LogP contribution in [0.5, 0.6) is 0 Å². The molecule has 0 radical (unpaired) electrons. The molecule has 0 amide bonds. The van der Waals surface area contributed by atoms with Gasteiger partial charge in [-0.15, -0.1) is 12.4 Å². The minimum Gasteiger partial charge on any atom is -0.346 e. The molecule has 7 nitrogen and oxygen atoms in total. The fraction of sp³-hybridized carbons (Fsp3) is 0.381. The Bertz CT molecular complexity index is 1340. The molecule has 5 heterocycles. The van der Waals surface area contributed by atoms with Gasteiger partial charge in [-0.25, -0.2) is 14.4 Å². The standard InChI is InChI=1S/C21H20Cl2FN7.ClH/c1-30-20(23)16-13(29-30)4-3-10(17(16)22)11-7-27-21-19(11)26-8-15(28-21)31-9-2-5-14(31)18(24)12(25)6-9;/h3-4,7-9,12,14,18H,2,5-6,25H2,1H3,(H,27,28);1H/t9-,12-,14+,18-;/m0./s1. The molecule has 2 aliphatic rings. The Balaban J connectivity index is 0.00000216. The van der Waals surface area contributed by atoms with E-state index in [1.54, 1.807) is 17.9 Å². The number of alkyl halides is 1. The zero-order valence-corrected chi connectivity index (χ0v) is 19.4. The highest BCUT2D eigenvalue weighted by atomic mass is 35.5. The van der Waals surface area contributed by atoms with E-state index in [0.717, 1.165) is 29.5 Å². The summed E-state index contributed by atoms with van der Waals surface area (Å²) in [6.45, 7) is 0. The van der Waals surface area contributed by atoms with Gasteiger partial charge in [-0.1, -0.05) is 29.3 Å². The predicted molar refractivity (Wildman–Crippen MR) is 128 cm³/mol. The van der Waals surface area contributed by atoms with E-state index in [0.29, 0.717) is 39.0 Å². The molecule has 3 aromatic heterocycles. The van der Waals surface area contributed by atoms with Crippen molar-refractivity contribution in [2.24, 2.45) is 12.8 Å². The Kier molecular flexibility index (Phi) is 5.24. The molecular formula is C21H21Cl3FN7. The second-order valence-electron chi connectivity index (χ2n) is 8.41. The van der Waals surface area contributed by atoms with Crippen molar-refractivity contribution in [1.82, 2.24) is 24.7 Å². The van der Waals surface area contributed by atoms with Gasteiger partial charge in [0.05, 0.1) is 28.2 Å². The van der Waals surface area contributed by atoms with Crippen LogP contribution in [0.15, 0.2) is 24.5 Å². The van der Waals surface area contributed by atoms with Crippen LogP contribution in [0.3, 0.4) is 0 Å². The normalized spacial score (nSPS) is 25.0. The largest absolute Gasteiger partial charge is 0.346 e. The number of H-pyrrole nitrogens is 1. The maximum atomic E-state index is 14.7. The van der Waals surface area contributed by atoms with Gasteiger partial charge in [0, 0.05) is 36.5 Å². The molecule has 2 aliphatic heterocycles. The molecule has 3 N–H and O–H groups in total.